The lowest BCUT2D eigenvalue weighted by atomic mass is 9.73. The molecule has 0 saturated heterocycles. The lowest BCUT2D eigenvalue weighted by molar-refractivity contribution is -0.174. The number of carbonyl (C=O) groups is 2. The molecule has 0 spiro atoms. The van der Waals surface area contributed by atoms with Gasteiger partial charge < -0.3 is 35.4 Å². The van der Waals surface area contributed by atoms with E-state index in [1.54, 1.807) is 19.2 Å². The van der Waals surface area contributed by atoms with Crippen LogP contribution < -0.4 is 15.4 Å². The number of nitrogens with zero attached hydrogens (tertiary/aromatic N) is 1. The van der Waals surface area contributed by atoms with Crippen LogP contribution in [0.25, 0.3) is 0 Å². The third-order valence-electron chi connectivity index (χ3n) is 9.30. The summed E-state index contributed by atoms with van der Waals surface area (Å²) >= 11 is 0. The number of anilines is 1. The van der Waals surface area contributed by atoms with Crippen LogP contribution >= 0.6 is 0 Å². The Hall–Kier alpha value is -4.40. The maximum atomic E-state index is 12.8. The molecule has 1 aliphatic rings. The summed E-state index contributed by atoms with van der Waals surface area (Å²) in [6.45, 7) is 9.17. The number of esters is 1. The number of hydrogen-bond donors (Lipinski definition) is 5. The van der Waals surface area contributed by atoms with Gasteiger partial charge in [0.25, 0.3) is 0 Å². The molecule has 0 aliphatic heterocycles. The monoisotopic (exact) mass is 701 g/mol. The molecular formula is C41H55N3O7. The second-order valence-corrected chi connectivity index (χ2v) is 12.8. The van der Waals surface area contributed by atoms with Crippen molar-refractivity contribution in [2.24, 2.45) is 5.92 Å². The second kappa shape index (κ2) is 21.7. The molecule has 0 aromatic heterocycles. The van der Waals surface area contributed by atoms with Crippen molar-refractivity contribution in [2.75, 3.05) is 45.2 Å². The highest BCUT2D eigenvalue weighted by atomic mass is 16.5. The Kier molecular flexibility index (Phi) is 17.5. The minimum Gasteiger partial charge on any atom is -0.506 e. The summed E-state index contributed by atoms with van der Waals surface area (Å²) in [6.07, 6.45) is 5.49. The van der Waals surface area contributed by atoms with Gasteiger partial charge >= 0.3 is 5.97 Å². The topological polar surface area (TPSA) is 141 Å². The Bertz CT molecular complexity index is 1530. The Balaban J connectivity index is 0.000000276. The van der Waals surface area contributed by atoms with Crippen LogP contribution in [0.2, 0.25) is 0 Å². The quantitative estimate of drug-likeness (QED) is 0.0562. The van der Waals surface area contributed by atoms with Gasteiger partial charge in [-0.25, -0.2) is 4.79 Å². The van der Waals surface area contributed by atoms with Gasteiger partial charge in [-0.1, -0.05) is 93.5 Å². The predicted molar refractivity (Wildman–Crippen MR) is 200 cm³/mol. The molecule has 276 valence electrons. The lowest BCUT2D eigenvalue weighted by Crippen LogP contribution is -2.45. The average Bonchev–Trinajstić information content (AvgIpc) is 3.17. The first-order chi connectivity index (χ1) is 24.7. The van der Waals surface area contributed by atoms with Crippen LogP contribution in [0.3, 0.4) is 0 Å². The summed E-state index contributed by atoms with van der Waals surface area (Å²) < 4.78 is 10.5. The van der Waals surface area contributed by atoms with E-state index < -0.39 is 17.7 Å². The number of phenols is 1. The van der Waals surface area contributed by atoms with Crippen LogP contribution in [0.4, 0.5) is 5.69 Å². The largest absolute Gasteiger partial charge is 0.506 e. The number of nitrogens with one attached hydrogen (secondary N) is 2. The van der Waals surface area contributed by atoms with E-state index in [-0.39, 0.29) is 30.0 Å². The van der Waals surface area contributed by atoms with E-state index in [1.807, 2.05) is 61.5 Å². The highest BCUT2D eigenvalue weighted by Gasteiger charge is 2.47. The zero-order valence-electron chi connectivity index (χ0n) is 30.4. The fourth-order valence-corrected chi connectivity index (χ4v) is 6.17. The molecule has 1 aliphatic carbocycles. The fourth-order valence-electron chi connectivity index (χ4n) is 6.17. The van der Waals surface area contributed by atoms with Gasteiger partial charge in [-0.05, 0) is 80.2 Å². The van der Waals surface area contributed by atoms with Crippen LogP contribution in [-0.4, -0.2) is 78.5 Å². The van der Waals surface area contributed by atoms with E-state index in [9.17, 15) is 24.9 Å². The minimum absolute atomic E-state index is 0.0158. The molecule has 3 aromatic carbocycles. The first kappa shape index (κ1) is 41.0. The van der Waals surface area contributed by atoms with Gasteiger partial charge in [0.1, 0.15) is 11.5 Å². The SMILES string of the molecule is CCN(CC)CC#CCOC(=O)C(O)(c1ccccc1)C1CCCCC1.COc1ccc(C[C@@H](C)NC[C@H](O)c2ccc(O)c(NC=O)c2)cc1. The number of hydrogen-bond acceptors (Lipinski definition) is 9. The van der Waals surface area contributed by atoms with Crippen molar-refractivity contribution in [2.45, 2.75) is 77.0 Å². The zero-order valence-corrected chi connectivity index (χ0v) is 30.4. The average molecular weight is 702 g/mol. The van der Waals surface area contributed by atoms with Crippen LogP contribution in [0.5, 0.6) is 11.5 Å². The van der Waals surface area contributed by atoms with E-state index in [2.05, 4.69) is 41.2 Å². The van der Waals surface area contributed by atoms with Gasteiger partial charge in [0, 0.05) is 18.5 Å². The first-order valence-electron chi connectivity index (χ1n) is 17.9. The van der Waals surface area contributed by atoms with Gasteiger partial charge in [0.05, 0.1) is 25.4 Å². The molecule has 4 rings (SSSR count). The maximum absolute atomic E-state index is 12.8. The Morgan fingerprint density at radius 2 is 1.71 bits per heavy atom. The van der Waals surface area contributed by atoms with E-state index in [0.29, 0.717) is 30.6 Å². The molecule has 1 saturated carbocycles. The van der Waals surface area contributed by atoms with E-state index in [1.165, 1.54) is 11.6 Å². The normalized spacial score (nSPS) is 15.2. The molecule has 51 heavy (non-hydrogen) atoms. The molecule has 10 heteroatoms. The smallest absolute Gasteiger partial charge is 0.344 e. The van der Waals surface area contributed by atoms with Crippen LogP contribution in [0, 0.1) is 17.8 Å². The summed E-state index contributed by atoms with van der Waals surface area (Å²) in [5.41, 5.74) is 1.11. The molecule has 3 aromatic rings. The van der Waals surface area contributed by atoms with E-state index in [4.69, 9.17) is 9.47 Å². The number of methoxy groups -OCH3 is 1. The number of ether oxygens (including phenoxy) is 2. The van der Waals surface area contributed by atoms with Crippen molar-refractivity contribution in [3.63, 3.8) is 0 Å². The van der Waals surface area contributed by atoms with Crippen LogP contribution in [0.15, 0.2) is 72.8 Å². The number of benzene rings is 3. The standard InChI is InChI=1S/C22H31NO3.C19H24N2O4/c1-3-23(4-2)17-11-12-18-26-21(24)22(25,19-13-7-5-8-14-19)20-15-9-6-10-16-20;1-13(9-14-3-6-16(25-2)7-4-14)20-11-19(24)15-5-8-18(23)17(10-15)21-12-22/h5,7-8,13-14,20,25H,3-4,6,9-10,15-18H2,1-2H3;3-8,10,12-13,19-20,23-24H,9,11H2,1-2H3,(H,21,22)/t;13-,19+/m.1/s1. The van der Waals surface area contributed by atoms with Crippen molar-refractivity contribution < 1.29 is 34.4 Å². The summed E-state index contributed by atoms with van der Waals surface area (Å²) in [4.78, 5) is 25.5. The number of aliphatic hydroxyl groups is 2. The molecule has 1 amide bonds. The second-order valence-electron chi connectivity index (χ2n) is 12.8. The molecular weight excluding hydrogens is 646 g/mol. The molecule has 1 fully saturated rings. The number of phenolic OH excluding ortho intramolecular Hbond substituents is 1. The van der Waals surface area contributed by atoms with Gasteiger partial charge in [-0.2, -0.15) is 0 Å². The summed E-state index contributed by atoms with van der Waals surface area (Å²) in [5, 5.41) is 37.0. The lowest BCUT2D eigenvalue weighted by Gasteiger charge is -2.36. The molecule has 0 bridgehead atoms. The Labute approximate surface area is 303 Å². The molecule has 10 nitrogen and oxygen atoms in total. The van der Waals surface area contributed by atoms with Crippen molar-refractivity contribution in [1.82, 2.24) is 10.2 Å². The molecule has 1 unspecified atom stereocenters. The van der Waals surface area contributed by atoms with Crippen LogP contribution in [0.1, 0.15) is 75.7 Å². The molecule has 0 radical (unpaired) electrons. The fraction of sp³-hybridized carbons (Fsp3) is 0.463. The summed E-state index contributed by atoms with van der Waals surface area (Å²) in [6, 6.07) is 21.9. The van der Waals surface area contributed by atoms with Gasteiger partial charge in [0.2, 0.25) is 6.41 Å². The minimum atomic E-state index is -1.58. The van der Waals surface area contributed by atoms with Gasteiger partial charge in [-0.3, -0.25) is 9.69 Å². The van der Waals surface area contributed by atoms with E-state index in [0.717, 1.165) is 57.4 Å². The van der Waals surface area contributed by atoms with E-state index >= 15 is 0 Å². The third-order valence-corrected chi connectivity index (χ3v) is 9.30. The van der Waals surface area contributed by atoms with Crippen molar-refractivity contribution in [3.8, 4) is 23.3 Å². The van der Waals surface area contributed by atoms with Crippen molar-refractivity contribution in [1.29, 1.82) is 0 Å². The molecule has 0 heterocycles. The molecule has 3 atom stereocenters. The number of aliphatic hydroxyl groups excluding tert-OH is 1. The predicted octanol–water partition coefficient (Wildman–Crippen LogP) is 5.57. The zero-order chi connectivity index (χ0) is 37.1. The Morgan fingerprint density at radius 1 is 1.02 bits per heavy atom. The maximum Gasteiger partial charge on any atom is 0.344 e. The number of aromatic hydroxyl groups is 1. The molecule has 5 N–H and O–H groups in total. The highest BCUT2D eigenvalue weighted by molar-refractivity contribution is 5.81. The third kappa shape index (κ3) is 12.7. The first-order valence-corrected chi connectivity index (χ1v) is 17.9. The highest BCUT2D eigenvalue weighted by Crippen LogP contribution is 2.40. The Morgan fingerprint density at radius 3 is 2.33 bits per heavy atom. The van der Waals surface area contributed by atoms with Gasteiger partial charge in [-0.15, -0.1) is 0 Å². The van der Waals surface area contributed by atoms with Gasteiger partial charge in [0.15, 0.2) is 12.2 Å². The van der Waals surface area contributed by atoms with Crippen molar-refractivity contribution >= 4 is 18.1 Å². The van der Waals surface area contributed by atoms with Crippen molar-refractivity contribution in [3.05, 3.63) is 89.5 Å². The number of rotatable bonds is 16. The number of amides is 1. The number of carbonyl (C=O) groups excluding carboxylic acids is 2. The van der Waals surface area contributed by atoms with Crippen LogP contribution in [-0.2, 0) is 26.3 Å². The summed E-state index contributed by atoms with van der Waals surface area (Å²) in [5.74, 6) is 6.04. The summed E-state index contributed by atoms with van der Waals surface area (Å²) in [7, 11) is 1.64.